The van der Waals surface area contributed by atoms with Gasteiger partial charge in [-0.15, -0.1) is 0 Å². The number of nitrogens with one attached hydrogen (secondary N) is 2. The Kier molecular flexibility index (Phi) is 13.7. The maximum absolute atomic E-state index is 13.2. The Labute approximate surface area is 244 Å². The summed E-state index contributed by atoms with van der Waals surface area (Å²) in [4.78, 5) is 51.5. The second kappa shape index (κ2) is 16.7. The summed E-state index contributed by atoms with van der Waals surface area (Å²) < 4.78 is 4.80. The molecule has 0 fully saturated rings. The predicted octanol–water partition coefficient (Wildman–Crippen LogP) is 3.89. The van der Waals surface area contributed by atoms with Crippen LogP contribution in [0.25, 0.3) is 0 Å². The second-order valence-corrected chi connectivity index (χ2v) is 11.5. The molecule has 5 atom stereocenters. The van der Waals surface area contributed by atoms with Crippen LogP contribution in [-0.4, -0.2) is 54.0 Å². The molecule has 0 aliphatic rings. The first-order valence-electron chi connectivity index (χ1n) is 14.4. The van der Waals surface area contributed by atoms with Gasteiger partial charge in [0.1, 0.15) is 17.9 Å². The van der Waals surface area contributed by atoms with E-state index in [0.29, 0.717) is 12.8 Å². The number of amides is 2. The minimum Gasteiger partial charge on any atom is -0.467 e. The minimum atomic E-state index is -1.10. The van der Waals surface area contributed by atoms with Crippen molar-refractivity contribution in [1.82, 2.24) is 10.6 Å². The van der Waals surface area contributed by atoms with Crippen molar-refractivity contribution < 1.29 is 29.0 Å². The van der Waals surface area contributed by atoms with Crippen molar-refractivity contribution in [3.05, 3.63) is 71.8 Å². The molecule has 1 unspecified atom stereocenters. The van der Waals surface area contributed by atoms with Gasteiger partial charge in [0, 0.05) is 12.3 Å². The standard InChI is InChI=1S/C33H46N2O6/c1-21(2)30(32(39)35-31(22(3)4)33(40)41-6)34-29(38)20-28(37)26(18-25-15-11-8-12-16-25)19-27(36)23(5)17-24-13-9-7-10-14-24/h7-16,21-23,26,28,30-31,37H,17-20H2,1-6H3,(H,34,38)(H,35,39)/t23-,26+,28-,30-,31?/m0/s1. The van der Waals surface area contributed by atoms with Crippen molar-refractivity contribution in [2.75, 3.05) is 7.11 Å². The lowest BCUT2D eigenvalue weighted by Crippen LogP contribution is -2.55. The van der Waals surface area contributed by atoms with E-state index in [1.54, 1.807) is 27.7 Å². The topological polar surface area (TPSA) is 122 Å². The number of aliphatic hydroxyl groups is 1. The number of carbonyl (C=O) groups excluding carboxylic acids is 4. The molecule has 2 rings (SSSR count). The van der Waals surface area contributed by atoms with Crippen LogP contribution in [0.5, 0.6) is 0 Å². The molecular weight excluding hydrogens is 520 g/mol. The average Bonchev–Trinajstić information content (AvgIpc) is 2.94. The van der Waals surface area contributed by atoms with Crippen molar-refractivity contribution in [3.8, 4) is 0 Å². The Bertz CT molecular complexity index is 1120. The Morgan fingerprint density at radius 1 is 0.732 bits per heavy atom. The van der Waals surface area contributed by atoms with Crippen LogP contribution < -0.4 is 10.6 Å². The molecule has 0 aliphatic heterocycles. The SMILES string of the molecule is COC(=O)C(NC(=O)[C@@H](NC(=O)C[C@H](O)[C@@H](CC(=O)[C@@H](C)Cc1ccccc1)Cc1ccccc1)C(C)C)C(C)C. The normalized spacial score (nSPS) is 15.0. The third-order valence-electron chi connectivity index (χ3n) is 7.36. The maximum Gasteiger partial charge on any atom is 0.328 e. The fourth-order valence-electron chi connectivity index (χ4n) is 4.79. The summed E-state index contributed by atoms with van der Waals surface area (Å²) in [5.74, 6) is -2.76. The van der Waals surface area contributed by atoms with Gasteiger partial charge in [-0.1, -0.05) is 95.3 Å². The summed E-state index contributed by atoms with van der Waals surface area (Å²) in [5.41, 5.74) is 2.03. The molecule has 0 heterocycles. The molecule has 0 radical (unpaired) electrons. The molecule has 8 heteroatoms. The molecule has 2 amide bonds. The molecule has 0 aromatic heterocycles. The first kappa shape index (κ1) is 33.7. The first-order valence-corrected chi connectivity index (χ1v) is 14.4. The lowest BCUT2D eigenvalue weighted by molar-refractivity contribution is -0.146. The molecule has 2 aromatic carbocycles. The number of methoxy groups -OCH3 is 1. The monoisotopic (exact) mass is 566 g/mol. The van der Waals surface area contributed by atoms with Gasteiger partial charge in [-0.2, -0.15) is 0 Å². The zero-order chi connectivity index (χ0) is 30.5. The van der Waals surface area contributed by atoms with Crippen LogP contribution in [0.15, 0.2) is 60.7 Å². The predicted molar refractivity (Wildman–Crippen MR) is 159 cm³/mol. The first-order chi connectivity index (χ1) is 19.4. The number of rotatable bonds is 16. The van der Waals surface area contributed by atoms with E-state index in [1.165, 1.54) is 7.11 Å². The van der Waals surface area contributed by atoms with Crippen molar-refractivity contribution in [1.29, 1.82) is 0 Å². The summed E-state index contributed by atoms with van der Waals surface area (Å²) in [5, 5.41) is 16.6. The summed E-state index contributed by atoms with van der Waals surface area (Å²) >= 11 is 0. The van der Waals surface area contributed by atoms with E-state index < -0.39 is 41.9 Å². The molecule has 0 aliphatic carbocycles. The van der Waals surface area contributed by atoms with Crippen LogP contribution in [0.1, 0.15) is 58.6 Å². The largest absolute Gasteiger partial charge is 0.467 e. The molecule has 2 aromatic rings. The van der Waals surface area contributed by atoms with E-state index in [-0.39, 0.29) is 36.4 Å². The third-order valence-corrected chi connectivity index (χ3v) is 7.36. The van der Waals surface area contributed by atoms with Gasteiger partial charge in [-0.3, -0.25) is 14.4 Å². The Balaban J connectivity index is 2.11. The Morgan fingerprint density at radius 3 is 1.73 bits per heavy atom. The lowest BCUT2D eigenvalue weighted by Gasteiger charge is -2.27. The molecule has 0 bridgehead atoms. The third kappa shape index (κ3) is 11.1. The fraction of sp³-hybridized carbons (Fsp3) is 0.515. The summed E-state index contributed by atoms with van der Waals surface area (Å²) in [6, 6.07) is 17.6. The highest BCUT2D eigenvalue weighted by Gasteiger charge is 2.32. The molecule has 41 heavy (non-hydrogen) atoms. The van der Waals surface area contributed by atoms with Crippen LogP contribution in [0.3, 0.4) is 0 Å². The number of carbonyl (C=O) groups is 4. The molecular formula is C33H46N2O6. The Morgan fingerprint density at radius 2 is 1.24 bits per heavy atom. The highest BCUT2D eigenvalue weighted by atomic mass is 16.5. The highest BCUT2D eigenvalue weighted by molar-refractivity contribution is 5.91. The van der Waals surface area contributed by atoms with Crippen LogP contribution in [0.2, 0.25) is 0 Å². The average molecular weight is 567 g/mol. The number of hydrogen-bond acceptors (Lipinski definition) is 6. The molecule has 8 nitrogen and oxygen atoms in total. The minimum absolute atomic E-state index is 0.0243. The van der Waals surface area contributed by atoms with E-state index in [0.717, 1.165) is 11.1 Å². The molecule has 3 N–H and O–H groups in total. The van der Waals surface area contributed by atoms with Crippen LogP contribution in [0, 0.1) is 23.7 Å². The lowest BCUT2D eigenvalue weighted by atomic mass is 9.84. The number of Topliss-reactive ketones (excluding diaryl/α,β-unsaturated/α-hetero) is 1. The van der Waals surface area contributed by atoms with E-state index in [9.17, 15) is 24.3 Å². The highest BCUT2D eigenvalue weighted by Crippen LogP contribution is 2.23. The van der Waals surface area contributed by atoms with Crippen molar-refractivity contribution >= 4 is 23.6 Å². The Hall–Kier alpha value is -3.52. The van der Waals surface area contributed by atoms with Gasteiger partial charge in [0.25, 0.3) is 0 Å². The number of aliphatic hydroxyl groups excluding tert-OH is 1. The van der Waals surface area contributed by atoms with Gasteiger partial charge >= 0.3 is 5.97 Å². The number of ketones is 1. The van der Waals surface area contributed by atoms with Crippen LogP contribution in [-0.2, 0) is 36.8 Å². The second-order valence-electron chi connectivity index (χ2n) is 11.5. The zero-order valence-corrected chi connectivity index (χ0v) is 25.1. The molecule has 0 saturated heterocycles. The van der Waals surface area contributed by atoms with E-state index >= 15 is 0 Å². The number of esters is 1. The summed E-state index contributed by atoms with van der Waals surface area (Å²) in [6.07, 6.45) is -0.206. The number of hydrogen-bond donors (Lipinski definition) is 3. The summed E-state index contributed by atoms with van der Waals surface area (Å²) in [6.45, 7) is 9.04. The quantitative estimate of drug-likeness (QED) is 0.265. The molecule has 0 saturated carbocycles. The van der Waals surface area contributed by atoms with Gasteiger partial charge in [-0.05, 0) is 41.7 Å². The fourth-order valence-corrected chi connectivity index (χ4v) is 4.79. The van der Waals surface area contributed by atoms with Gasteiger partial charge in [0.2, 0.25) is 11.8 Å². The smallest absolute Gasteiger partial charge is 0.328 e. The van der Waals surface area contributed by atoms with Crippen molar-refractivity contribution in [2.45, 2.75) is 78.5 Å². The van der Waals surface area contributed by atoms with Crippen LogP contribution in [0.4, 0.5) is 0 Å². The number of benzene rings is 2. The molecule has 0 spiro atoms. The van der Waals surface area contributed by atoms with E-state index in [4.69, 9.17) is 4.74 Å². The van der Waals surface area contributed by atoms with E-state index in [1.807, 2.05) is 67.6 Å². The number of ether oxygens (including phenoxy) is 1. The summed E-state index contributed by atoms with van der Waals surface area (Å²) in [7, 11) is 1.26. The molecule has 224 valence electrons. The van der Waals surface area contributed by atoms with Crippen LogP contribution >= 0.6 is 0 Å². The zero-order valence-electron chi connectivity index (χ0n) is 25.1. The van der Waals surface area contributed by atoms with Gasteiger partial charge in [0.05, 0.1) is 19.6 Å². The van der Waals surface area contributed by atoms with E-state index in [2.05, 4.69) is 10.6 Å². The van der Waals surface area contributed by atoms with Gasteiger partial charge in [-0.25, -0.2) is 4.79 Å². The van der Waals surface area contributed by atoms with Gasteiger partial charge < -0.3 is 20.5 Å². The van der Waals surface area contributed by atoms with Gasteiger partial charge in [0.15, 0.2) is 0 Å². The maximum atomic E-state index is 13.2. The van der Waals surface area contributed by atoms with Crippen molar-refractivity contribution in [2.24, 2.45) is 23.7 Å². The van der Waals surface area contributed by atoms with Crippen molar-refractivity contribution in [3.63, 3.8) is 0 Å².